The normalized spacial score (nSPS) is 12.7. The molecule has 18 heavy (non-hydrogen) atoms. The van der Waals surface area contributed by atoms with Gasteiger partial charge in [0.25, 0.3) is 0 Å². The van der Waals surface area contributed by atoms with Crippen LogP contribution in [0.5, 0.6) is 0 Å². The molecule has 0 heterocycles. The minimum absolute atomic E-state index is 0.00919. The molecule has 1 rings (SSSR count). The van der Waals surface area contributed by atoms with Crippen molar-refractivity contribution in [3.05, 3.63) is 33.3 Å². The molecule has 0 aliphatic carbocycles. The van der Waals surface area contributed by atoms with Gasteiger partial charge in [0.05, 0.1) is 11.4 Å². The summed E-state index contributed by atoms with van der Waals surface area (Å²) < 4.78 is 0.870. The van der Waals surface area contributed by atoms with E-state index >= 15 is 0 Å². The predicted octanol–water partition coefficient (Wildman–Crippen LogP) is 3.79. The Kier molecular flexibility index (Phi) is 6.12. The number of carbonyl (C=O) groups is 1. The molecule has 0 aliphatic rings. The van der Waals surface area contributed by atoms with Gasteiger partial charge in [-0.2, -0.15) is 0 Å². The number of carboxylic acid groups (broad SMARTS) is 1. The van der Waals surface area contributed by atoms with Crippen LogP contribution in [0.25, 0.3) is 0 Å². The lowest BCUT2D eigenvalue weighted by molar-refractivity contribution is -0.138. The molecule has 0 fully saturated rings. The van der Waals surface area contributed by atoms with Gasteiger partial charge in [0.1, 0.15) is 0 Å². The van der Waals surface area contributed by atoms with E-state index < -0.39 is 5.97 Å². The van der Waals surface area contributed by atoms with E-state index in [2.05, 4.69) is 20.8 Å². The SMILES string of the molecule is CCN(Cc1ccc(Br)c(Cl)c1)C(C)CC(=O)O. The van der Waals surface area contributed by atoms with Crippen LogP contribution in [0.1, 0.15) is 25.8 Å². The monoisotopic (exact) mass is 333 g/mol. The van der Waals surface area contributed by atoms with E-state index in [0.717, 1.165) is 16.6 Å². The fourth-order valence-corrected chi connectivity index (χ4v) is 2.28. The van der Waals surface area contributed by atoms with Crippen LogP contribution in [0.2, 0.25) is 5.02 Å². The Bertz CT molecular complexity index is 425. The van der Waals surface area contributed by atoms with Crippen molar-refractivity contribution in [1.82, 2.24) is 4.90 Å². The van der Waals surface area contributed by atoms with Crippen LogP contribution in [-0.2, 0) is 11.3 Å². The van der Waals surface area contributed by atoms with Crippen molar-refractivity contribution >= 4 is 33.5 Å². The highest BCUT2D eigenvalue weighted by atomic mass is 79.9. The van der Waals surface area contributed by atoms with Crippen molar-refractivity contribution in [2.45, 2.75) is 32.9 Å². The fourth-order valence-electron chi connectivity index (χ4n) is 1.83. The summed E-state index contributed by atoms with van der Waals surface area (Å²) in [6, 6.07) is 5.82. The number of benzene rings is 1. The number of hydrogen-bond donors (Lipinski definition) is 1. The largest absolute Gasteiger partial charge is 0.481 e. The number of halogens is 2. The van der Waals surface area contributed by atoms with Crippen LogP contribution in [0.15, 0.2) is 22.7 Å². The Labute approximate surface area is 121 Å². The lowest BCUT2D eigenvalue weighted by Crippen LogP contribution is -2.34. The molecule has 0 spiro atoms. The van der Waals surface area contributed by atoms with Crippen LogP contribution in [0.3, 0.4) is 0 Å². The molecule has 1 aromatic rings. The highest BCUT2D eigenvalue weighted by Crippen LogP contribution is 2.24. The summed E-state index contributed by atoms with van der Waals surface area (Å²) in [5, 5.41) is 9.50. The van der Waals surface area contributed by atoms with Crippen molar-refractivity contribution in [2.75, 3.05) is 6.54 Å². The fraction of sp³-hybridized carbons (Fsp3) is 0.462. The van der Waals surface area contributed by atoms with Gasteiger partial charge in [-0.1, -0.05) is 24.6 Å². The Morgan fingerprint density at radius 2 is 2.22 bits per heavy atom. The van der Waals surface area contributed by atoms with E-state index in [0.29, 0.717) is 11.6 Å². The van der Waals surface area contributed by atoms with Crippen LogP contribution < -0.4 is 0 Å². The lowest BCUT2D eigenvalue weighted by Gasteiger charge is -2.26. The Balaban J connectivity index is 2.72. The molecule has 1 aromatic carbocycles. The van der Waals surface area contributed by atoms with Crippen LogP contribution in [0.4, 0.5) is 0 Å². The average Bonchev–Trinajstić information content (AvgIpc) is 2.29. The van der Waals surface area contributed by atoms with Crippen molar-refractivity contribution in [1.29, 1.82) is 0 Å². The molecule has 0 saturated carbocycles. The van der Waals surface area contributed by atoms with Crippen molar-refractivity contribution in [3.8, 4) is 0 Å². The second-order valence-corrected chi connectivity index (χ2v) is 5.52. The van der Waals surface area contributed by atoms with E-state index in [4.69, 9.17) is 16.7 Å². The van der Waals surface area contributed by atoms with Gasteiger partial charge in [0, 0.05) is 17.1 Å². The highest BCUT2D eigenvalue weighted by Gasteiger charge is 2.15. The first-order valence-electron chi connectivity index (χ1n) is 5.83. The smallest absolute Gasteiger partial charge is 0.304 e. The first-order valence-corrected chi connectivity index (χ1v) is 7.01. The number of rotatable bonds is 6. The van der Waals surface area contributed by atoms with Crippen LogP contribution >= 0.6 is 27.5 Å². The molecule has 100 valence electrons. The molecule has 0 amide bonds. The van der Waals surface area contributed by atoms with E-state index in [1.54, 1.807) is 0 Å². The molecule has 0 radical (unpaired) electrons. The third-order valence-electron chi connectivity index (χ3n) is 2.87. The first kappa shape index (κ1) is 15.5. The van der Waals surface area contributed by atoms with Gasteiger partial charge in [-0.15, -0.1) is 0 Å². The summed E-state index contributed by atoms with van der Waals surface area (Å²) in [6.45, 7) is 5.47. The number of hydrogen-bond acceptors (Lipinski definition) is 2. The summed E-state index contributed by atoms with van der Waals surface area (Å²) in [7, 11) is 0. The first-order chi connectivity index (χ1) is 8.43. The third kappa shape index (κ3) is 4.59. The minimum Gasteiger partial charge on any atom is -0.481 e. The standard InChI is InChI=1S/C13H17BrClNO2/c1-3-16(9(2)6-13(17)18)8-10-4-5-11(14)12(15)7-10/h4-5,7,9H,3,6,8H2,1-2H3,(H,17,18). The molecule has 1 unspecified atom stereocenters. The zero-order valence-corrected chi connectivity index (χ0v) is 12.8. The zero-order valence-electron chi connectivity index (χ0n) is 10.5. The van der Waals surface area contributed by atoms with Gasteiger partial charge >= 0.3 is 5.97 Å². The average molecular weight is 335 g/mol. The summed E-state index contributed by atoms with van der Waals surface area (Å²) in [6.07, 6.45) is 0.151. The van der Waals surface area contributed by atoms with Crippen LogP contribution in [0, 0.1) is 0 Å². The second kappa shape index (κ2) is 7.12. The van der Waals surface area contributed by atoms with E-state index in [1.165, 1.54) is 0 Å². The molecular formula is C13H17BrClNO2. The van der Waals surface area contributed by atoms with Gasteiger partial charge in [0.2, 0.25) is 0 Å². The van der Waals surface area contributed by atoms with Gasteiger partial charge in [0.15, 0.2) is 0 Å². The summed E-state index contributed by atoms with van der Waals surface area (Å²) in [5.41, 5.74) is 1.09. The van der Waals surface area contributed by atoms with Gasteiger partial charge in [-0.05, 0) is 47.1 Å². The summed E-state index contributed by atoms with van der Waals surface area (Å²) in [4.78, 5) is 12.8. The van der Waals surface area contributed by atoms with Gasteiger partial charge < -0.3 is 5.11 Å². The molecule has 0 bridgehead atoms. The van der Waals surface area contributed by atoms with E-state index in [9.17, 15) is 4.79 Å². The molecule has 1 atom stereocenters. The lowest BCUT2D eigenvalue weighted by atomic mass is 10.1. The Morgan fingerprint density at radius 1 is 1.56 bits per heavy atom. The van der Waals surface area contributed by atoms with Gasteiger partial charge in [-0.3, -0.25) is 9.69 Å². The van der Waals surface area contributed by atoms with Crippen LogP contribution in [-0.4, -0.2) is 28.6 Å². The number of nitrogens with zero attached hydrogens (tertiary/aromatic N) is 1. The zero-order chi connectivity index (χ0) is 13.7. The Morgan fingerprint density at radius 3 is 2.72 bits per heavy atom. The summed E-state index contributed by atoms with van der Waals surface area (Å²) >= 11 is 9.40. The summed E-state index contributed by atoms with van der Waals surface area (Å²) in [5.74, 6) is -0.769. The maximum atomic E-state index is 10.7. The quantitative estimate of drug-likeness (QED) is 0.860. The maximum Gasteiger partial charge on any atom is 0.304 e. The molecular weight excluding hydrogens is 318 g/mol. The number of carboxylic acids is 1. The van der Waals surface area contributed by atoms with Crippen molar-refractivity contribution in [2.24, 2.45) is 0 Å². The van der Waals surface area contributed by atoms with E-state index in [-0.39, 0.29) is 12.5 Å². The molecule has 1 N–H and O–H groups in total. The number of aliphatic carboxylic acids is 1. The highest BCUT2D eigenvalue weighted by molar-refractivity contribution is 9.10. The molecule has 3 nitrogen and oxygen atoms in total. The molecule has 0 aromatic heterocycles. The molecule has 0 aliphatic heterocycles. The predicted molar refractivity (Wildman–Crippen MR) is 77.0 cm³/mol. The van der Waals surface area contributed by atoms with E-state index in [1.807, 2.05) is 32.0 Å². The second-order valence-electron chi connectivity index (χ2n) is 4.26. The topological polar surface area (TPSA) is 40.5 Å². The molecule has 5 heteroatoms. The van der Waals surface area contributed by atoms with Crippen molar-refractivity contribution in [3.63, 3.8) is 0 Å². The third-order valence-corrected chi connectivity index (χ3v) is 4.10. The van der Waals surface area contributed by atoms with Crippen molar-refractivity contribution < 1.29 is 9.90 Å². The van der Waals surface area contributed by atoms with Gasteiger partial charge in [-0.25, -0.2) is 0 Å². The maximum absolute atomic E-state index is 10.7. The molecule has 0 saturated heterocycles. The minimum atomic E-state index is -0.769. The Hall–Kier alpha value is -0.580.